The molecule has 1 saturated heterocycles. The number of sulfonamides is 1. The molecule has 27 heavy (non-hydrogen) atoms. The van der Waals surface area contributed by atoms with Crippen molar-refractivity contribution in [2.24, 2.45) is 0 Å². The Morgan fingerprint density at radius 2 is 1.96 bits per heavy atom. The zero-order valence-electron chi connectivity index (χ0n) is 15.3. The van der Waals surface area contributed by atoms with Crippen LogP contribution >= 0.6 is 0 Å². The number of ether oxygens (including phenoxy) is 2. The molecule has 1 aliphatic rings. The van der Waals surface area contributed by atoms with Gasteiger partial charge in [0.15, 0.2) is 0 Å². The summed E-state index contributed by atoms with van der Waals surface area (Å²) in [6.45, 7) is 1.63. The van der Waals surface area contributed by atoms with Crippen LogP contribution in [0.1, 0.15) is 24.0 Å². The molecule has 0 spiro atoms. The molecule has 0 saturated carbocycles. The quantitative estimate of drug-likeness (QED) is 0.690. The van der Waals surface area contributed by atoms with Crippen LogP contribution in [-0.2, 0) is 27.9 Å². The first-order chi connectivity index (χ1) is 12.9. The van der Waals surface area contributed by atoms with Gasteiger partial charge in [0.1, 0.15) is 18.2 Å². The van der Waals surface area contributed by atoms with Crippen LogP contribution in [-0.4, -0.2) is 38.2 Å². The summed E-state index contributed by atoms with van der Waals surface area (Å²) >= 11 is 0. The average molecular weight is 393 g/mol. The molecular formula is C20H24FNO4S. The maximum absolute atomic E-state index is 13.2. The lowest BCUT2D eigenvalue weighted by molar-refractivity contribution is 0.0927. The molecule has 1 heterocycles. The van der Waals surface area contributed by atoms with Crippen LogP contribution in [0.4, 0.5) is 4.39 Å². The fourth-order valence-electron chi connectivity index (χ4n) is 3.02. The predicted molar refractivity (Wildman–Crippen MR) is 101 cm³/mol. The molecule has 0 bridgehead atoms. The van der Waals surface area contributed by atoms with Crippen molar-refractivity contribution in [3.05, 3.63) is 65.5 Å². The van der Waals surface area contributed by atoms with Gasteiger partial charge in [0, 0.05) is 19.7 Å². The SMILES string of the molecule is CS(=O)(=O)N(Cc1ccc(OCc2cccc(F)c2)cc1)CC1CCCO1. The summed E-state index contributed by atoms with van der Waals surface area (Å²) in [5, 5.41) is 0. The van der Waals surface area contributed by atoms with Crippen LogP contribution in [0.2, 0.25) is 0 Å². The third-order valence-electron chi connectivity index (χ3n) is 4.48. The van der Waals surface area contributed by atoms with Gasteiger partial charge in [-0.1, -0.05) is 24.3 Å². The lowest BCUT2D eigenvalue weighted by Crippen LogP contribution is -2.36. The summed E-state index contributed by atoms with van der Waals surface area (Å²) in [6, 6.07) is 13.5. The van der Waals surface area contributed by atoms with E-state index in [4.69, 9.17) is 9.47 Å². The third-order valence-corrected chi connectivity index (χ3v) is 5.69. The minimum absolute atomic E-state index is 0.0337. The first-order valence-corrected chi connectivity index (χ1v) is 10.8. The number of halogens is 1. The van der Waals surface area contributed by atoms with Crippen molar-refractivity contribution in [1.29, 1.82) is 0 Å². The zero-order valence-corrected chi connectivity index (χ0v) is 16.1. The average Bonchev–Trinajstić information content (AvgIpc) is 3.13. The molecule has 1 aliphatic heterocycles. The highest BCUT2D eigenvalue weighted by atomic mass is 32.2. The van der Waals surface area contributed by atoms with Crippen LogP contribution in [0.25, 0.3) is 0 Å². The lowest BCUT2D eigenvalue weighted by Gasteiger charge is -2.23. The maximum atomic E-state index is 13.2. The van der Waals surface area contributed by atoms with Gasteiger partial charge in [-0.3, -0.25) is 0 Å². The van der Waals surface area contributed by atoms with Gasteiger partial charge in [-0.25, -0.2) is 12.8 Å². The molecule has 7 heteroatoms. The molecule has 0 N–H and O–H groups in total. The monoisotopic (exact) mass is 393 g/mol. The Morgan fingerprint density at radius 3 is 2.59 bits per heavy atom. The van der Waals surface area contributed by atoms with Gasteiger partial charge in [-0.15, -0.1) is 0 Å². The van der Waals surface area contributed by atoms with Crippen LogP contribution in [0.15, 0.2) is 48.5 Å². The van der Waals surface area contributed by atoms with Crippen molar-refractivity contribution in [2.75, 3.05) is 19.4 Å². The van der Waals surface area contributed by atoms with Gasteiger partial charge < -0.3 is 9.47 Å². The molecule has 146 valence electrons. The molecule has 0 amide bonds. The Hall–Kier alpha value is -1.96. The van der Waals surface area contributed by atoms with Gasteiger partial charge >= 0.3 is 0 Å². The van der Waals surface area contributed by atoms with E-state index < -0.39 is 10.0 Å². The van der Waals surface area contributed by atoms with Crippen molar-refractivity contribution >= 4 is 10.0 Å². The molecule has 1 atom stereocenters. The van der Waals surface area contributed by atoms with Crippen molar-refractivity contribution in [3.8, 4) is 5.75 Å². The zero-order chi connectivity index (χ0) is 19.3. The van der Waals surface area contributed by atoms with Gasteiger partial charge in [-0.05, 0) is 48.2 Å². The van der Waals surface area contributed by atoms with E-state index in [2.05, 4.69) is 0 Å². The Bertz CT molecular complexity index is 849. The van der Waals surface area contributed by atoms with Gasteiger partial charge in [-0.2, -0.15) is 4.31 Å². The first-order valence-electron chi connectivity index (χ1n) is 8.93. The van der Waals surface area contributed by atoms with E-state index in [1.165, 1.54) is 22.7 Å². The van der Waals surface area contributed by atoms with Crippen LogP contribution in [0.3, 0.4) is 0 Å². The second-order valence-corrected chi connectivity index (χ2v) is 8.74. The molecule has 1 fully saturated rings. The van der Waals surface area contributed by atoms with Crippen LogP contribution in [0, 0.1) is 5.82 Å². The molecule has 0 aliphatic carbocycles. The highest BCUT2D eigenvalue weighted by Gasteiger charge is 2.24. The van der Waals surface area contributed by atoms with E-state index in [0.29, 0.717) is 25.4 Å². The van der Waals surface area contributed by atoms with Crippen molar-refractivity contribution < 1.29 is 22.3 Å². The number of hydrogen-bond donors (Lipinski definition) is 0. The summed E-state index contributed by atoms with van der Waals surface area (Å²) < 4.78 is 50.1. The minimum Gasteiger partial charge on any atom is -0.489 e. The van der Waals surface area contributed by atoms with E-state index in [0.717, 1.165) is 24.0 Å². The molecule has 0 radical (unpaired) electrons. The lowest BCUT2D eigenvalue weighted by atomic mass is 10.2. The summed E-state index contributed by atoms with van der Waals surface area (Å²) in [6.07, 6.45) is 3.05. The van der Waals surface area contributed by atoms with Gasteiger partial charge in [0.2, 0.25) is 10.0 Å². The maximum Gasteiger partial charge on any atom is 0.211 e. The molecule has 1 unspecified atom stereocenters. The van der Waals surface area contributed by atoms with Crippen LogP contribution in [0.5, 0.6) is 5.75 Å². The number of nitrogens with zero attached hydrogens (tertiary/aromatic N) is 1. The topological polar surface area (TPSA) is 55.8 Å². The molecule has 5 nitrogen and oxygen atoms in total. The molecule has 2 aromatic carbocycles. The fraction of sp³-hybridized carbons (Fsp3) is 0.400. The summed E-state index contributed by atoms with van der Waals surface area (Å²) in [5.74, 6) is 0.353. The van der Waals surface area contributed by atoms with E-state index in [-0.39, 0.29) is 18.5 Å². The first kappa shape index (κ1) is 19.8. The van der Waals surface area contributed by atoms with E-state index in [9.17, 15) is 12.8 Å². The number of benzene rings is 2. The Morgan fingerprint density at radius 1 is 1.19 bits per heavy atom. The molecule has 0 aromatic heterocycles. The Kier molecular flexibility index (Phi) is 6.46. The van der Waals surface area contributed by atoms with Crippen molar-refractivity contribution in [1.82, 2.24) is 4.31 Å². The minimum atomic E-state index is -3.32. The third kappa shape index (κ3) is 6.02. The second-order valence-electron chi connectivity index (χ2n) is 6.75. The largest absolute Gasteiger partial charge is 0.489 e. The standard InChI is InChI=1S/C20H24FNO4S/c1-27(23,24)22(14-20-6-3-11-25-20)13-16-7-9-19(10-8-16)26-15-17-4-2-5-18(21)12-17/h2,4-5,7-10,12,20H,3,6,11,13-15H2,1H3. The molecule has 2 aromatic rings. The fourth-order valence-corrected chi connectivity index (χ4v) is 3.84. The highest BCUT2D eigenvalue weighted by molar-refractivity contribution is 7.88. The van der Waals surface area contributed by atoms with Crippen molar-refractivity contribution in [3.63, 3.8) is 0 Å². The smallest absolute Gasteiger partial charge is 0.211 e. The van der Waals surface area contributed by atoms with E-state index >= 15 is 0 Å². The number of hydrogen-bond acceptors (Lipinski definition) is 4. The number of rotatable bonds is 8. The normalized spacial score (nSPS) is 17.4. The Labute approximate surface area is 159 Å². The molecular weight excluding hydrogens is 369 g/mol. The summed E-state index contributed by atoms with van der Waals surface area (Å²) in [4.78, 5) is 0. The van der Waals surface area contributed by atoms with Crippen LogP contribution < -0.4 is 4.74 Å². The second kappa shape index (κ2) is 8.82. The predicted octanol–water partition coefficient (Wildman–Crippen LogP) is 3.35. The highest BCUT2D eigenvalue weighted by Crippen LogP contribution is 2.19. The van der Waals surface area contributed by atoms with E-state index in [1.807, 2.05) is 12.1 Å². The summed E-state index contributed by atoms with van der Waals surface area (Å²) in [7, 11) is -3.32. The van der Waals surface area contributed by atoms with Gasteiger partial charge in [0.25, 0.3) is 0 Å². The molecule has 3 rings (SSSR count). The Balaban J connectivity index is 1.59. The van der Waals surface area contributed by atoms with E-state index in [1.54, 1.807) is 24.3 Å². The summed E-state index contributed by atoms with van der Waals surface area (Å²) in [5.41, 5.74) is 1.62. The van der Waals surface area contributed by atoms with Crippen molar-refractivity contribution in [2.45, 2.75) is 32.1 Å². The van der Waals surface area contributed by atoms with Gasteiger partial charge in [0.05, 0.1) is 12.4 Å².